The van der Waals surface area contributed by atoms with Gasteiger partial charge in [-0.15, -0.1) is 5.10 Å². The van der Waals surface area contributed by atoms with Crippen molar-refractivity contribution in [2.75, 3.05) is 20.3 Å². The summed E-state index contributed by atoms with van der Waals surface area (Å²) in [4.78, 5) is 15.6. The van der Waals surface area contributed by atoms with E-state index in [1.165, 1.54) is 23.8 Å². The van der Waals surface area contributed by atoms with Gasteiger partial charge in [-0.3, -0.25) is 9.69 Å². The normalized spacial score (nSPS) is 15.0. The molecule has 0 saturated carbocycles. The molecule has 1 aliphatic rings. The summed E-state index contributed by atoms with van der Waals surface area (Å²) in [5, 5.41) is 8.63. The fourth-order valence-electron chi connectivity index (χ4n) is 5.72. The maximum Gasteiger partial charge on any atom is 0.312 e. The number of ether oxygens (including phenoxy) is 2. The van der Waals surface area contributed by atoms with Gasteiger partial charge in [0, 0.05) is 38.2 Å². The minimum atomic E-state index is -0.808. The Morgan fingerprint density at radius 1 is 1.13 bits per heavy atom. The molecule has 198 valence electrons. The molecule has 38 heavy (non-hydrogen) atoms. The lowest BCUT2D eigenvalue weighted by Crippen LogP contribution is -2.34. The zero-order chi connectivity index (χ0) is 27.0. The number of nitrogens with zero attached hydrogens (tertiary/aromatic N) is 4. The Balaban J connectivity index is 1.56. The smallest absolute Gasteiger partial charge is 0.312 e. The monoisotopic (exact) mass is 512 g/mol. The van der Waals surface area contributed by atoms with Crippen LogP contribution < -0.4 is 4.74 Å². The number of aromatic nitrogens is 3. The van der Waals surface area contributed by atoms with E-state index >= 15 is 0 Å². The molecule has 1 aromatic heterocycles. The summed E-state index contributed by atoms with van der Waals surface area (Å²) in [6.07, 6.45) is 0. The van der Waals surface area contributed by atoms with Crippen molar-refractivity contribution < 1.29 is 14.3 Å². The first-order chi connectivity index (χ1) is 18.2. The molecule has 5 rings (SSSR count). The van der Waals surface area contributed by atoms with Gasteiger partial charge in [0.1, 0.15) is 17.9 Å². The van der Waals surface area contributed by atoms with Gasteiger partial charge in [0.15, 0.2) is 0 Å². The maximum atomic E-state index is 13.1. The number of benzene rings is 3. The van der Waals surface area contributed by atoms with Gasteiger partial charge in [0.2, 0.25) is 0 Å². The van der Waals surface area contributed by atoms with Crippen molar-refractivity contribution in [3.05, 3.63) is 88.0 Å². The van der Waals surface area contributed by atoms with Gasteiger partial charge in [-0.05, 0) is 67.6 Å². The van der Waals surface area contributed by atoms with E-state index in [1.807, 2.05) is 39.1 Å². The largest absolute Gasteiger partial charge is 0.492 e. The van der Waals surface area contributed by atoms with Gasteiger partial charge in [0.25, 0.3) is 0 Å². The highest BCUT2D eigenvalue weighted by molar-refractivity contribution is 5.82. The Hall–Kier alpha value is -3.71. The highest BCUT2D eigenvalue weighted by Crippen LogP contribution is 2.44. The summed E-state index contributed by atoms with van der Waals surface area (Å²) in [7, 11) is 3.35. The van der Waals surface area contributed by atoms with Crippen molar-refractivity contribution in [1.82, 2.24) is 19.9 Å². The molecule has 0 saturated heterocycles. The number of aryl methyl sites for hydroxylation is 3. The predicted molar refractivity (Wildman–Crippen MR) is 148 cm³/mol. The van der Waals surface area contributed by atoms with Crippen LogP contribution in [0.25, 0.3) is 11.0 Å². The quantitative estimate of drug-likeness (QED) is 0.326. The fourth-order valence-corrected chi connectivity index (χ4v) is 5.72. The lowest BCUT2D eigenvalue weighted by atomic mass is 9.69. The lowest BCUT2D eigenvalue weighted by molar-refractivity contribution is -0.151. The molecule has 7 heteroatoms. The molecular weight excluding hydrogens is 476 g/mol. The standard InChI is InChI=1S/C31H36N4O3/c1-20-11-12-22(17-24(20)19-35-15-16-38-27-10-8-7-9-23(27)18-35)28(31(3,4)30(36)37-6)25-13-14-26-29(21(25)2)32-33-34(26)5/h7-14,17,28H,15-16,18-19H2,1-6H3. The topological polar surface area (TPSA) is 69.5 Å². The van der Waals surface area contributed by atoms with E-state index in [2.05, 4.69) is 65.5 Å². The number of carbonyl (C=O) groups is 1. The predicted octanol–water partition coefficient (Wildman–Crippen LogP) is 5.31. The average Bonchev–Trinajstić information content (AvgIpc) is 3.16. The minimum Gasteiger partial charge on any atom is -0.492 e. The highest BCUT2D eigenvalue weighted by Gasteiger charge is 2.41. The maximum absolute atomic E-state index is 13.1. The molecule has 0 spiro atoms. The number of rotatable bonds is 6. The molecule has 7 nitrogen and oxygen atoms in total. The summed E-state index contributed by atoms with van der Waals surface area (Å²) in [6.45, 7) is 11.3. The molecule has 0 bridgehead atoms. The fraction of sp³-hybridized carbons (Fsp3) is 0.387. The molecular formula is C31H36N4O3. The van der Waals surface area contributed by atoms with Crippen LogP contribution in [0.5, 0.6) is 5.75 Å². The molecule has 0 N–H and O–H groups in total. The Bertz CT molecular complexity index is 1490. The second kappa shape index (κ2) is 10.2. The van der Waals surface area contributed by atoms with E-state index in [1.54, 1.807) is 4.68 Å². The molecule has 0 amide bonds. The van der Waals surface area contributed by atoms with Crippen LogP contribution in [0.3, 0.4) is 0 Å². The summed E-state index contributed by atoms with van der Waals surface area (Å²) in [6, 6.07) is 19.0. The number of carbonyl (C=O) groups excluding carboxylic acids is 1. The van der Waals surface area contributed by atoms with Crippen LogP contribution >= 0.6 is 0 Å². The van der Waals surface area contributed by atoms with E-state index in [9.17, 15) is 4.79 Å². The second-order valence-electron chi connectivity index (χ2n) is 10.9. The molecule has 0 aliphatic carbocycles. The third-order valence-electron chi connectivity index (χ3n) is 7.96. The zero-order valence-corrected chi connectivity index (χ0v) is 23.1. The molecule has 1 aliphatic heterocycles. The zero-order valence-electron chi connectivity index (χ0n) is 23.1. The third kappa shape index (κ3) is 4.67. The Morgan fingerprint density at radius 3 is 2.71 bits per heavy atom. The highest BCUT2D eigenvalue weighted by atomic mass is 16.5. The van der Waals surface area contributed by atoms with E-state index in [4.69, 9.17) is 9.47 Å². The second-order valence-corrected chi connectivity index (χ2v) is 10.9. The van der Waals surface area contributed by atoms with Gasteiger partial charge in [-0.25, -0.2) is 4.68 Å². The average molecular weight is 513 g/mol. The van der Waals surface area contributed by atoms with Gasteiger partial charge >= 0.3 is 5.97 Å². The number of hydrogen-bond donors (Lipinski definition) is 0. The van der Waals surface area contributed by atoms with Gasteiger partial charge < -0.3 is 9.47 Å². The minimum absolute atomic E-state index is 0.228. The van der Waals surface area contributed by atoms with Gasteiger partial charge in [-0.1, -0.05) is 47.7 Å². The van der Waals surface area contributed by atoms with Crippen LogP contribution in [0.1, 0.15) is 53.1 Å². The van der Waals surface area contributed by atoms with Crippen LogP contribution in [-0.2, 0) is 29.7 Å². The van der Waals surface area contributed by atoms with Crippen molar-refractivity contribution >= 4 is 17.0 Å². The Kier molecular flexibility index (Phi) is 6.97. The van der Waals surface area contributed by atoms with Crippen LogP contribution in [0.2, 0.25) is 0 Å². The van der Waals surface area contributed by atoms with E-state index in [-0.39, 0.29) is 11.9 Å². The first-order valence-corrected chi connectivity index (χ1v) is 13.1. The van der Waals surface area contributed by atoms with E-state index < -0.39 is 5.41 Å². The summed E-state index contributed by atoms with van der Waals surface area (Å²) >= 11 is 0. The summed E-state index contributed by atoms with van der Waals surface area (Å²) < 4.78 is 13.1. The molecule has 1 unspecified atom stereocenters. The molecule has 4 aromatic rings. The number of methoxy groups -OCH3 is 1. The first kappa shape index (κ1) is 25.9. The number of fused-ring (bicyclic) bond motifs is 2. The van der Waals surface area contributed by atoms with Crippen molar-refractivity contribution in [2.45, 2.75) is 46.7 Å². The summed E-state index contributed by atoms with van der Waals surface area (Å²) in [5.41, 5.74) is 7.85. The van der Waals surface area contributed by atoms with Crippen LogP contribution in [0, 0.1) is 19.3 Å². The van der Waals surface area contributed by atoms with Crippen molar-refractivity contribution in [1.29, 1.82) is 0 Å². The van der Waals surface area contributed by atoms with Crippen LogP contribution in [0.4, 0.5) is 0 Å². The SMILES string of the molecule is COC(=O)C(C)(C)C(c1ccc(C)c(CN2CCOc3ccccc3C2)c1)c1ccc2c(nnn2C)c1C. The number of hydrogen-bond acceptors (Lipinski definition) is 6. The molecule has 0 fully saturated rings. The Labute approximate surface area is 224 Å². The van der Waals surface area contributed by atoms with Crippen LogP contribution in [-0.4, -0.2) is 46.1 Å². The van der Waals surface area contributed by atoms with Crippen molar-refractivity contribution in [2.24, 2.45) is 12.5 Å². The molecule has 2 heterocycles. The molecule has 1 atom stereocenters. The lowest BCUT2D eigenvalue weighted by Gasteiger charge is -2.34. The number of esters is 1. The number of para-hydroxylation sites is 1. The summed E-state index contributed by atoms with van der Waals surface area (Å²) in [5.74, 6) is 0.494. The van der Waals surface area contributed by atoms with Crippen molar-refractivity contribution in [3.63, 3.8) is 0 Å². The van der Waals surface area contributed by atoms with E-state index in [0.717, 1.165) is 53.1 Å². The van der Waals surface area contributed by atoms with Gasteiger partial charge in [-0.2, -0.15) is 0 Å². The van der Waals surface area contributed by atoms with Gasteiger partial charge in [0.05, 0.1) is 18.0 Å². The molecule has 0 radical (unpaired) electrons. The van der Waals surface area contributed by atoms with Crippen LogP contribution in [0.15, 0.2) is 54.6 Å². The van der Waals surface area contributed by atoms with Crippen molar-refractivity contribution in [3.8, 4) is 5.75 Å². The first-order valence-electron chi connectivity index (χ1n) is 13.1. The Morgan fingerprint density at radius 2 is 1.92 bits per heavy atom. The molecule has 3 aromatic carbocycles. The third-order valence-corrected chi connectivity index (χ3v) is 7.96. The van der Waals surface area contributed by atoms with E-state index in [0.29, 0.717) is 6.61 Å².